The zero-order chi connectivity index (χ0) is 12.3. The van der Waals surface area contributed by atoms with E-state index in [-0.39, 0.29) is 0 Å². The molecule has 0 amide bonds. The summed E-state index contributed by atoms with van der Waals surface area (Å²) in [6, 6.07) is 5.94. The molecule has 1 heterocycles. The highest BCUT2D eigenvalue weighted by molar-refractivity contribution is 5.62. The molecule has 0 aliphatic heterocycles. The molecule has 3 N–H and O–H groups in total. The van der Waals surface area contributed by atoms with Crippen LogP contribution in [0.5, 0.6) is 0 Å². The standard InChI is InChI=1S/C13H18N4/c1-10-12(14)4-3-5-13(10)15-7-6-11-8-16-17(2)9-11/h3-5,8-9,15H,6-7,14H2,1-2H3. The summed E-state index contributed by atoms with van der Waals surface area (Å²) in [5.41, 5.74) is 10.1. The monoisotopic (exact) mass is 230 g/mol. The van der Waals surface area contributed by atoms with Gasteiger partial charge < -0.3 is 11.1 Å². The van der Waals surface area contributed by atoms with Crippen molar-refractivity contribution >= 4 is 11.4 Å². The van der Waals surface area contributed by atoms with E-state index in [4.69, 9.17) is 5.73 Å². The smallest absolute Gasteiger partial charge is 0.0522 e. The van der Waals surface area contributed by atoms with Crippen molar-refractivity contribution in [3.63, 3.8) is 0 Å². The third kappa shape index (κ3) is 2.78. The van der Waals surface area contributed by atoms with Crippen LogP contribution in [0.4, 0.5) is 11.4 Å². The summed E-state index contributed by atoms with van der Waals surface area (Å²) in [5, 5.41) is 7.54. The Labute approximate surface area is 101 Å². The van der Waals surface area contributed by atoms with Gasteiger partial charge >= 0.3 is 0 Å². The van der Waals surface area contributed by atoms with E-state index in [1.807, 2.05) is 43.2 Å². The van der Waals surface area contributed by atoms with E-state index in [9.17, 15) is 0 Å². The molecule has 2 aromatic rings. The Kier molecular flexibility index (Phi) is 3.32. The van der Waals surface area contributed by atoms with Crippen molar-refractivity contribution < 1.29 is 0 Å². The van der Waals surface area contributed by atoms with E-state index in [1.165, 1.54) is 5.56 Å². The Bertz CT molecular complexity index is 502. The first kappa shape index (κ1) is 11.5. The molecule has 0 radical (unpaired) electrons. The van der Waals surface area contributed by atoms with Crippen LogP contribution in [0.3, 0.4) is 0 Å². The molecule has 0 spiro atoms. The van der Waals surface area contributed by atoms with Crippen molar-refractivity contribution in [2.24, 2.45) is 7.05 Å². The Balaban J connectivity index is 1.92. The van der Waals surface area contributed by atoms with Crippen LogP contribution in [0, 0.1) is 6.92 Å². The summed E-state index contributed by atoms with van der Waals surface area (Å²) in [4.78, 5) is 0. The van der Waals surface area contributed by atoms with Gasteiger partial charge in [-0.15, -0.1) is 0 Å². The highest BCUT2D eigenvalue weighted by atomic mass is 15.2. The first-order valence-corrected chi connectivity index (χ1v) is 5.73. The molecular weight excluding hydrogens is 212 g/mol. The third-order valence-electron chi connectivity index (χ3n) is 2.86. The van der Waals surface area contributed by atoms with Gasteiger partial charge in [0.05, 0.1) is 6.20 Å². The number of aryl methyl sites for hydroxylation is 1. The second kappa shape index (κ2) is 4.91. The largest absolute Gasteiger partial charge is 0.398 e. The molecule has 1 aromatic carbocycles. The number of rotatable bonds is 4. The molecule has 90 valence electrons. The molecule has 0 saturated heterocycles. The number of nitrogens with zero attached hydrogens (tertiary/aromatic N) is 2. The minimum atomic E-state index is 0.830. The van der Waals surface area contributed by atoms with E-state index in [0.29, 0.717) is 0 Å². The topological polar surface area (TPSA) is 55.9 Å². The fraction of sp³-hybridized carbons (Fsp3) is 0.308. The van der Waals surface area contributed by atoms with E-state index in [2.05, 4.69) is 16.5 Å². The molecule has 17 heavy (non-hydrogen) atoms. The summed E-state index contributed by atoms with van der Waals surface area (Å²) >= 11 is 0. The predicted octanol–water partition coefficient (Wildman–Crippen LogP) is 1.97. The van der Waals surface area contributed by atoms with Crippen molar-refractivity contribution in [1.82, 2.24) is 9.78 Å². The maximum absolute atomic E-state index is 5.85. The molecular formula is C13H18N4. The lowest BCUT2D eigenvalue weighted by atomic mass is 10.1. The number of anilines is 2. The molecule has 0 unspecified atom stereocenters. The summed E-state index contributed by atoms with van der Waals surface area (Å²) < 4.78 is 1.82. The van der Waals surface area contributed by atoms with Crippen LogP contribution >= 0.6 is 0 Å². The summed E-state index contributed by atoms with van der Waals surface area (Å²) in [7, 11) is 1.93. The average molecular weight is 230 g/mol. The molecule has 0 aliphatic rings. The Morgan fingerprint density at radius 2 is 2.24 bits per heavy atom. The Morgan fingerprint density at radius 1 is 1.41 bits per heavy atom. The first-order chi connectivity index (χ1) is 8.16. The van der Waals surface area contributed by atoms with Crippen LogP contribution in [0.25, 0.3) is 0 Å². The minimum Gasteiger partial charge on any atom is -0.398 e. The van der Waals surface area contributed by atoms with Crippen molar-refractivity contribution in [2.75, 3.05) is 17.6 Å². The number of nitrogens with two attached hydrogens (primary N) is 1. The normalized spacial score (nSPS) is 10.5. The van der Waals surface area contributed by atoms with Crippen LogP contribution in [-0.4, -0.2) is 16.3 Å². The quantitative estimate of drug-likeness (QED) is 0.789. The molecule has 0 bridgehead atoms. The van der Waals surface area contributed by atoms with Crippen LogP contribution in [0.1, 0.15) is 11.1 Å². The molecule has 2 rings (SSSR count). The lowest BCUT2D eigenvalue weighted by Gasteiger charge is -2.10. The van der Waals surface area contributed by atoms with Gasteiger partial charge in [-0.1, -0.05) is 6.07 Å². The van der Waals surface area contributed by atoms with Gasteiger partial charge in [0.15, 0.2) is 0 Å². The van der Waals surface area contributed by atoms with Crippen LogP contribution in [-0.2, 0) is 13.5 Å². The van der Waals surface area contributed by atoms with E-state index in [1.54, 1.807) is 0 Å². The Hall–Kier alpha value is -1.97. The molecule has 0 fully saturated rings. The van der Waals surface area contributed by atoms with Gasteiger partial charge in [-0.05, 0) is 36.6 Å². The molecule has 0 atom stereocenters. The number of benzene rings is 1. The molecule has 4 nitrogen and oxygen atoms in total. The molecule has 0 saturated carbocycles. The van der Waals surface area contributed by atoms with Crippen LogP contribution in [0.2, 0.25) is 0 Å². The van der Waals surface area contributed by atoms with Crippen LogP contribution < -0.4 is 11.1 Å². The highest BCUT2D eigenvalue weighted by Gasteiger charge is 2.01. The van der Waals surface area contributed by atoms with Gasteiger partial charge in [-0.3, -0.25) is 4.68 Å². The highest BCUT2D eigenvalue weighted by Crippen LogP contribution is 2.20. The van der Waals surface area contributed by atoms with Gasteiger partial charge in [0.25, 0.3) is 0 Å². The SMILES string of the molecule is Cc1c(N)cccc1NCCc1cnn(C)c1. The number of nitrogens with one attached hydrogen (secondary N) is 1. The second-order valence-corrected chi connectivity index (χ2v) is 4.22. The van der Waals surface area contributed by atoms with Crippen molar-refractivity contribution in [1.29, 1.82) is 0 Å². The van der Waals surface area contributed by atoms with Crippen molar-refractivity contribution in [3.05, 3.63) is 41.7 Å². The number of hydrogen-bond acceptors (Lipinski definition) is 3. The van der Waals surface area contributed by atoms with Gasteiger partial charge in [0.2, 0.25) is 0 Å². The lowest BCUT2D eigenvalue weighted by molar-refractivity contribution is 0.767. The fourth-order valence-electron chi connectivity index (χ4n) is 1.79. The molecule has 4 heteroatoms. The first-order valence-electron chi connectivity index (χ1n) is 5.73. The maximum atomic E-state index is 5.85. The van der Waals surface area contributed by atoms with Gasteiger partial charge in [0.1, 0.15) is 0 Å². The zero-order valence-corrected chi connectivity index (χ0v) is 10.3. The predicted molar refractivity (Wildman–Crippen MR) is 71.0 cm³/mol. The van der Waals surface area contributed by atoms with Gasteiger partial charge in [-0.2, -0.15) is 5.10 Å². The van der Waals surface area contributed by atoms with Crippen LogP contribution in [0.15, 0.2) is 30.6 Å². The lowest BCUT2D eigenvalue weighted by Crippen LogP contribution is -2.06. The van der Waals surface area contributed by atoms with E-state index >= 15 is 0 Å². The number of nitrogen functional groups attached to an aromatic ring is 1. The molecule has 0 aliphatic carbocycles. The Morgan fingerprint density at radius 3 is 2.94 bits per heavy atom. The van der Waals surface area contributed by atoms with E-state index in [0.717, 1.165) is 29.9 Å². The third-order valence-corrected chi connectivity index (χ3v) is 2.86. The fourth-order valence-corrected chi connectivity index (χ4v) is 1.79. The van der Waals surface area contributed by atoms with Crippen molar-refractivity contribution in [2.45, 2.75) is 13.3 Å². The van der Waals surface area contributed by atoms with Gasteiger partial charge in [-0.25, -0.2) is 0 Å². The summed E-state index contributed by atoms with van der Waals surface area (Å²) in [6.45, 7) is 2.91. The maximum Gasteiger partial charge on any atom is 0.0522 e. The summed E-state index contributed by atoms with van der Waals surface area (Å²) in [5.74, 6) is 0. The average Bonchev–Trinajstić information content (AvgIpc) is 2.70. The second-order valence-electron chi connectivity index (χ2n) is 4.22. The zero-order valence-electron chi connectivity index (χ0n) is 10.3. The number of hydrogen-bond donors (Lipinski definition) is 2. The van der Waals surface area contributed by atoms with Gasteiger partial charge in [0, 0.05) is 31.2 Å². The number of aromatic nitrogens is 2. The minimum absolute atomic E-state index is 0.830. The van der Waals surface area contributed by atoms with Crippen molar-refractivity contribution in [3.8, 4) is 0 Å². The molecule has 1 aromatic heterocycles. The van der Waals surface area contributed by atoms with E-state index < -0.39 is 0 Å². The summed E-state index contributed by atoms with van der Waals surface area (Å²) in [6.07, 6.45) is 4.89.